The van der Waals surface area contributed by atoms with Crippen LogP contribution >= 0.6 is 0 Å². The van der Waals surface area contributed by atoms with E-state index in [0.29, 0.717) is 11.4 Å². The van der Waals surface area contributed by atoms with E-state index in [1.165, 1.54) is 6.07 Å². The normalized spacial score (nSPS) is 13.1. The molecule has 0 aliphatic carbocycles. The Balaban J connectivity index is 2.36. The number of halogens is 2. The first-order valence-corrected chi connectivity index (χ1v) is 6.50. The van der Waals surface area contributed by atoms with Gasteiger partial charge in [0.1, 0.15) is 17.2 Å². The van der Waals surface area contributed by atoms with Crippen molar-refractivity contribution in [3.63, 3.8) is 0 Å². The molecule has 1 aromatic heterocycles. The molecule has 1 N–H and O–H groups in total. The maximum atomic E-state index is 13.6. The van der Waals surface area contributed by atoms with Crippen molar-refractivity contribution in [2.24, 2.45) is 0 Å². The highest BCUT2D eigenvalue weighted by atomic mass is 19.1. The van der Waals surface area contributed by atoms with Crippen LogP contribution < -0.4 is 0 Å². The van der Waals surface area contributed by atoms with Crippen LogP contribution in [0.15, 0.2) is 12.1 Å². The van der Waals surface area contributed by atoms with Crippen LogP contribution in [0.25, 0.3) is 11.0 Å². The van der Waals surface area contributed by atoms with Gasteiger partial charge in [-0.1, -0.05) is 26.7 Å². The molecular formula is C14H18F2N2. The number of aromatic amines is 1. The molecule has 4 heteroatoms. The number of benzene rings is 1. The van der Waals surface area contributed by atoms with Crippen molar-refractivity contribution in [2.75, 3.05) is 0 Å². The minimum absolute atomic E-state index is 0.237. The number of aromatic nitrogens is 2. The van der Waals surface area contributed by atoms with Crippen molar-refractivity contribution in [1.29, 1.82) is 0 Å². The zero-order valence-corrected chi connectivity index (χ0v) is 10.8. The molecule has 0 fully saturated rings. The van der Waals surface area contributed by atoms with Crippen molar-refractivity contribution in [3.8, 4) is 0 Å². The number of hydrogen-bond acceptors (Lipinski definition) is 1. The summed E-state index contributed by atoms with van der Waals surface area (Å²) in [4.78, 5) is 7.33. The van der Waals surface area contributed by atoms with Gasteiger partial charge in [-0.3, -0.25) is 0 Å². The van der Waals surface area contributed by atoms with E-state index in [0.717, 1.165) is 37.6 Å². The first-order valence-electron chi connectivity index (χ1n) is 6.50. The van der Waals surface area contributed by atoms with Gasteiger partial charge in [-0.15, -0.1) is 0 Å². The van der Waals surface area contributed by atoms with E-state index in [1.54, 1.807) is 0 Å². The number of nitrogens with one attached hydrogen (secondary N) is 1. The molecule has 0 radical (unpaired) electrons. The zero-order chi connectivity index (χ0) is 13.1. The van der Waals surface area contributed by atoms with Crippen molar-refractivity contribution in [3.05, 3.63) is 29.6 Å². The molecule has 0 aliphatic rings. The van der Waals surface area contributed by atoms with Crippen molar-refractivity contribution in [2.45, 2.75) is 45.4 Å². The average molecular weight is 252 g/mol. The largest absolute Gasteiger partial charge is 0.342 e. The Morgan fingerprint density at radius 1 is 1.28 bits per heavy atom. The number of imidazole rings is 1. The lowest BCUT2D eigenvalue weighted by atomic mass is 9.99. The number of nitrogens with zero attached hydrogens (tertiary/aromatic N) is 1. The lowest BCUT2D eigenvalue weighted by Crippen LogP contribution is -1.99. The predicted octanol–water partition coefficient (Wildman–Crippen LogP) is 4.52. The minimum Gasteiger partial charge on any atom is -0.342 e. The summed E-state index contributed by atoms with van der Waals surface area (Å²) in [6.07, 6.45) is 4.22. The maximum Gasteiger partial charge on any atom is 0.153 e. The molecule has 0 saturated carbocycles. The Morgan fingerprint density at radius 3 is 2.72 bits per heavy atom. The molecule has 2 nitrogen and oxygen atoms in total. The average Bonchev–Trinajstić information content (AvgIpc) is 2.74. The molecule has 0 aliphatic heterocycles. The minimum atomic E-state index is -0.599. The number of H-pyrrole nitrogens is 1. The van der Waals surface area contributed by atoms with Crippen LogP contribution in [0.1, 0.15) is 51.3 Å². The summed E-state index contributed by atoms with van der Waals surface area (Å²) in [5.74, 6) is -0.111. The van der Waals surface area contributed by atoms with Gasteiger partial charge in [-0.05, 0) is 18.9 Å². The fourth-order valence-electron chi connectivity index (χ4n) is 2.24. The SMILES string of the molecule is CCCCC(CC)c1nc2c(F)cc(F)cc2[nH]1. The molecule has 1 aromatic carbocycles. The summed E-state index contributed by atoms with van der Waals surface area (Å²) >= 11 is 0. The van der Waals surface area contributed by atoms with Gasteiger partial charge >= 0.3 is 0 Å². The van der Waals surface area contributed by atoms with E-state index in [2.05, 4.69) is 23.8 Å². The van der Waals surface area contributed by atoms with Gasteiger partial charge < -0.3 is 4.98 Å². The Morgan fingerprint density at radius 2 is 2.06 bits per heavy atom. The number of fused-ring (bicyclic) bond motifs is 1. The molecule has 2 rings (SSSR count). The summed E-state index contributed by atoms with van der Waals surface area (Å²) in [6.45, 7) is 4.23. The third kappa shape index (κ3) is 2.52. The fraction of sp³-hybridized carbons (Fsp3) is 0.500. The lowest BCUT2D eigenvalue weighted by molar-refractivity contribution is 0.548. The van der Waals surface area contributed by atoms with Gasteiger partial charge in [-0.25, -0.2) is 13.8 Å². The third-order valence-corrected chi connectivity index (χ3v) is 3.31. The van der Waals surface area contributed by atoms with Crippen LogP contribution in [0.4, 0.5) is 8.78 Å². The molecule has 1 heterocycles. The maximum absolute atomic E-state index is 13.6. The molecule has 98 valence electrons. The molecule has 18 heavy (non-hydrogen) atoms. The summed E-state index contributed by atoms with van der Waals surface area (Å²) in [7, 11) is 0. The van der Waals surface area contributed by atoms with E-state index >= 15 is 0 Å². The fourth-order valence-corrected chi connectivity index (χ4v) is 2.24. The molecule has 0 bridgehead atoms. The highest BCUT2D eigenvalue weighted by molar-refractivity contribution is 5.75. The highest BCUT2D eigenvalue weighted by Gasteiger charge is 2.16. The van der Waals surface area contributed by atoms with Crippen LogP contribution in [0.5, 0.6) is 0 Å². The summed E-state index contributed by atoms with van der Waals surface area (Å²) < 4.78 is 26.7. The van der Waals surface area contributed by atoms with Crippen molar-refractivity contribution < 1.29 is 8.78 Å². The first-order chi connectivity index (χ1) is 8.65. The predicted molar refractivity (Wildman–Crippen MR) is 68.6 cm³/mol. The molecule has 0 amide bonds. The van der Waals surface area contributed by atoms with Crippen LogP contribution in [-0.4, -0.2) is 9.97 Å². The van der Waals surface area contributed by atoms with E-state index in [9.17, 15) is 8.78 Å². The van der Waals surface area contributed by atoms with E-state index in [-0.39, 0.29) is 5.52 Å². The summed E-state index contributed by atoms with van der Waals surface area (Å²) in [5, 5.41) is 0. The van der Waals surface area contributed by atoms with Gasteiger partial charge in [0.2, 0.25) is 0 Å². The van der Waals surface area contributed by atoms with Crippen LogP contribution in [0, 0.1) is 11.6 Å². The monoisotopic (exact) mass is 252 g/mol. The summed E-state index contributed by atoms with van der Waals surface area (Å²) in [6, 6.07) is 2.17. The van der Waals surface area contributed by atoms with Gasteiger partial charge in [0.05, 0.1) is 5.52 Å². The zero-order valence-electron chi connectivity index (χ0n) is 10.8. The lowest BCUT2D eigenvalue weighted by Gasteiger charge is -2.10. The van der Waals surface area contributed by atoms with Gasteiger partial charge in [0, 0.05) is 12.0 Å². The number of hydrogen-bond donors (Lipinski definition) is 1. The van der Waals surface area contributed by atoms with E-state index in [1.807, 2.05) is 0 Å². The standard InChI is InChI=1S/C14H18F2N2/c1-3-5-6-9(4-2)14-17-12-8-10(15)7-11(16)13(12)18-14/h7-9H,3-6H2,1-2H3,(H,17,18). The Labute approximate surface area is 105 Å². The van der Waals surface area contributed by atoms with Crippen molar-refractivity contribution in [1.82, 2.24) is 9.97 Å². The quantitative estimate of drug-likeness (QED) is 0.832. The molecule has 2 aromatic rings. The topological polar surface area (TPSA) is 28.7 Å². The molecule has 0 spiro atoms. The van der Waals surface area contributed by atoms with Gasteiger partial charge in [-0.2, -0.15) is 0 Å². The van der Waals surface area contributed by atoms with Crippen LogP contribution in [0.2, 0.25) is 0 Å². The third-order valence-electron chi connectivity index (χ3n) is 3.31. The molecule has 0 saturated heterocycles. The Bertz CT molecular complexity index is 534. The van der Waals surface area contributed by atoms with Crippen LogP contribution in [0.3, 0.4) is 0 Å². The Kier molecular flexibility index (Phi) is 3.94. The van der Waals surface area contributed by atoms with Crippen LogP contribution in [-0.2, 0) is 0 Å². The van der Waals surface area contributed by atoms with Crippen molar-refractivity contribution >= 4 is 11.0 Å². The molecule has 1 unspecified atom stereocenters. The molecule has 1 atom stereocenters. The van der Waals surface area contributed by atoms with E-state index < -0.39 is 11.6 Å². The van der Waals surface area contributed by atoms with Gasteiger partial charge in [0.25, 0.3) is 0 Å². The highest BCUT2D eigenvalue weighted by Crippen LogP contribution is 2.26. The smallest absolute Gasteiger partial charge is 0.153 e. The second kappa shape index (κ2) is 5.46. The second-order valence-corrected chi connectivity index (χ2v) is 4.65. The van der Waals surface area contributed by atoms with E-state index in [4.69, 9.17) is 0 Å². The molecular weight excluding hydrogens is 234 g/mol. The number of rotatable bonds is 5. The second-order valence-electron chi connectivity index (χ2n) is 4.65. The van der Waals surface area contributed by atoms with Gasteiger partial charge in [0.15, 0.2) is 5.82 Å². The number of unbranched alkanes of at least 4 members (excludes halogenated alkanes) is 1. The Hall–Kier alpha value is -1.45. The summed E-state index contributed by atoms with van der Waals surface area (Å²) in [5.41, 5.74) is 0.679. The first kappa shape index (κ1) is 13.0.